The van der Waals surface area contributed by atoms with Crippen molar-refractivity contribution < 1.29 is 19.1 Å². The monoisotopic (exact) mass is 306 g/mol. The molecule has 0 fully saturated rings. The number of hydrogen-bond donors (Lipinski definition) is 2. The molecule has 1 aromatic rings. The summed E-state index contributed by atoms with van der Waals surface area (Å²) in [6.07, 6.45) is 1.13. The Morgan fingerprint density at radius 1 is 1.36 bits per heavy atom. The van der Waals surface area contributed by atoms with E-state index in [1.54, 1.807) is 7.11 Å². The summed E-state index contributed by atoms with van der Waals surface area (Å²) in [7, 11) is 1.63. The molecule has 22 heavy (non-hydrogen) atoms. The number of carbonyl (C=O) groups is 2. The molecule has 120 valence electrons. The molecule has 1 atom stereocenters. The lowest BCUT2D eigenvalue weighted by Gasteiger charge is -2.26. The zero-order chi connectivity index (χ0) is 15.9. The molecule has 1 aliphatic rings. The lowest BCUT2D eigenvalue weighted by Crippen LogP contribution is -2.36. The molecule has 1 aromatic carbocycles. The third-order valence-corrected chi connectivity index (χ3v) is 3.57. The van der Waals surface area contributed by atoms with Crippen LogP contribution in [0.5, 0.6) is 11.5 Å². The summed E-state index contributed by atoms with van der Waals surface area (Å²) in [6, 6.07) is 5.83. The molecule has 2 N–H and O–H groups in total. The first kappa shape index (κ1) is 16.1. The van der Waals surface area contributed by atoms with Gasteiger partial charge in [0.25, 0.3) is 0 Å². The minimum Gasteiger partial charge on any atom is -0.493 e. The molecule has 0 radical (unpaired) electrons. The Morgan fingerprint density at radius 3 is 2.91 bits per heavy atom. The van der Waals surface area contributed by atoms with Crippen molar-refractivity contribution >= 4 is 11.8 Å². The third kappa shape index (κ3) is 4.38. The average Bonchev–Trinajstić information content (AvgIpc) is 2.51. The van der Waals surface area contributed by atoms with Crippen LogP contribution in [0.15, 0.2) is 18.2 Å². The highest BCUT2D eigenvalue weighted by molar-refractivity contribution is 5.77. The number of methoxy groups -OCH3 is 1. The molecule has 0 spiro atoms. The van der Waals surface area contributed by atoms with Crippen LogP contribution in [0.4, 0.5) is 0 Å². The topological polar surface area (TPSA) is 76.7 Å². The number of para-hydroxylation sites is 1. The van der Waals surface area contributed by atoms with E-state index in [0.717, 1.165) is 23.5 Å². The molecule has 6 heteroatoms. The van der Waals surface area contributed by atoms with E-state index in [4.69, 9.17) is 9.47 Å². The Hall–Kier alpha value is -2.24. The Balaban J connectivity index is 1.78. The average molecular weight is 306 g/mol. The molecular formula is C16H22N2O4. The summed E-state index contributed by atoms with van der Waals surface area (Å²) in [5, 5.41) is 5.49. The summed E-state index contributed by atoms with van der Waals surface area (Å²) in [4.78, 5) is 22.4. The van der Waals surface area contributed by atoms with Crippen molar-refractivity contribution in [2.75, 3.05) is 26.8 Å². The van der Waals surface area contributed by atoms with E-state index in [-0.39, 0.29) is 24.2 Å². The van der Waals surface area contributed by atoms with Crippen LogP contribution in [0.25, 0.3) is 0 Å². The molecule has 0 saturated carbocycles. The molecule has 1 aliphatic heterocycles. The molecule has 0 bridgehead atoms. The fourth-order valence-corrected chi connectivity index (χ4v) is 2.45. The van der Waals surface area contributed by atoms with Gasteiger partial charge in [0.1, 0.15) is 0 Å². The molecular weight excluding hydrogens is 284 g/mol. The van der Waals surface area contributed by atoms with Gasteiger partial charge < -0.3 is 20.1 Å². The number of ether oxygens (including phenoxy) is 2. The number of hydrogen-bond acceptors (Lipinski definition) is 4. The van der Waals surface area contributed by atoms with Crippen molar-refractivity contribution in [3.05, 3.63) is 23.8 Å². The van der Waals surface area contributed by atoms with Crippen LogP contribution in [0.2, 0.25) is 0 Å². The second-order valence-corrected chi connectivity index (χ2v) is 5.37. The first-order chi connectivity index (χ1) is 10.6. The number of rotatable bonds is 6. The van der Waals surface area contributed by atoms with Crippen molar-refractivity contribution in [1.29, 1.82) is 0 Å². The first-order valence-electron chi connectivity index (χ1n) is 7.40. The van der Waals surface area contributed by atoms with Gasteiger partial charge in [0.05, 0.1) is 13.7 Å². The predicted molar refractivity (Wildman–Crippen MR) is 82.0 cm³/mol. The Bertz CT molecular complexity index is 545. The van der Waals surface area contributed by atoms with Gasteiger partial charge in [0, 0.05) is 32.4 Å². The van der Waals surface area contributed by atoms with Crippen LogP contribution in [-0.2, 0) is 16.0 Å². The Morgan fingerprint density at radius 2 is 2.18 bits per heavy atom. The van der Waals surface area contributed by atoms with Gasteiger partial charge in [0.15, 0.2) is 11.5 Å². The van der Waals surface area contributed by atoms with Gasteiger partial charge in [-0.25, -0.2) is 0 Å². The summed E-state index contributed by atoms with van der Waals surface area (Å²) in [5.41, 5.74) is 1.10. The van der Waals surface area contributed by atoms with E-state index in [2.05, 4.69) is 10.6 Å². The third-order valence-electron chi connectivity index (χ3n) is 3.57. The van der Waals surface area contributed by atoms with E-state index >= 15 is 0 Å². The highest BCUT2D eigenvalue weighted by atomic mass is 16.5. The van der Waals surface area contributed by atoms with Gasteiger partial charge in [-0.05, 0) is 18.1 Å². The Kier molecular flexibility index (Phi) is 5.63. The highest BCUT2D eigenvalue weighted by Gasteiger charge is 2.22. The standard InChI is InChI=1S/C16H22N2O4/c1-11(19)17-7-6-15(20)18-9-12-8-13-4-3-5-14(21-2)16(13)22-10-12/h3-5,12H,6-10H2,1-2H3,(H,17,19)(H,18,20). The molecule has 2 rings (SSSR count). The van der Waals surface area contributed by atoms with Crippen molar-refractivity contribution in [3.8, 4) is 11.5 Å². The minimum atomic E-state index is -0.126. The number of amides is 2. The highest BCUT2D eigenvalue weighted by Crippen LogP contribution is 2.35. The maximum absolute atomic E-state index is 11.7. The van der Waals surface area contributed by atoms with Crippen LogP contribution >= 0.6 is 0 Å². The fraction of sp³-hybridized carbons (Fsp3) is 0.500. The van der Waals surface area contributed by atoms with Crippen LogP contribution in [0.1, 0.15) is 18.9 Å². The zero-order valence-electron chi connectivity index (χ0n) is 13.0. The van der Waals surface area contributed by atoms with Crippen LogP contribution < -0.4 is 20.1 Å². The number of carbonyl (C=O) groups excluding carboxylic acids is 2. The Labute approximate surface area is 130 Å². The van der Waals surface area contributed by atoms with Gasteiger partial charge in [-0.15, -0.1) is 0 Å². The number of nitrogens with one attached hydrogen (secondary N) is 2. The largest absolute Gasteiger partial charge is 0.493 e. The summed E-state index contributed by atoms with van der Waals surface area (Å²) >= 11 is 0. The van der Waals surface area contributed by atoms with Crippen LogP contribution in [0.3, 0.4) is 0 Å². The lowest BCUT2D eigenvalue weighted by molar-refractivity contribution is -0.121. The molecule has 0 aliphatic carbocycles. The van der Waals surface area contributed by atoms with E-state index < -0.39 is 0 Å². The molecule has 0 aromatic heterocycles. The maximum atomic E-state index is 11.7. The molecule has 6 nitrogen and oxygen atoms in total. The van der Waals surface area contributed by atoms with E-state index in [1.807, 2.05) is 18.2 Å². The van der Waals surface area contributed by atoms with Crippen molar-refractivity contribution in [2.45, 2.75) is 19.8 Å². The van der Waals surface area contributed by atoms with Gasteiger partial charge in [-0.2, -0.15) is 0 Å². The lowest BCUT2D eigenvalue weighted by atomic mass is 9.96. The van der Waals surface area contributed by atoms with Crippen LogP contribution in [0, 0.1) is 5.92 Å². The van der Waals surface area contributed by atoms with Crippen molar-refractivity contribution in [2.24, 2.45) is 5.92 Å². The predicted octanol–water partition coefficient (Wildman–Crippen LogP) is 0.889. The normalized spacial score (nSPS) is 16.2. The van der Waals surface area contributed by atoms with Gasteiger partial charge in [-0.3, -0.25) is 9.59 Å². The van der Waals surface area contributed by atoms with Crippen molar-refractivity contribution in [3.63, 3.8) is 0 Å². The second kappa shape index (κ2) is 7.68. The quantitative estimate of drug-likeness (QED) is 0.818. The molecule has 1 unspecified atom stereocenters. The number of benzene rings is 1. The zero-order valence-corrected chi connectivity index (χ0v) is 13.0. The van der Waals surface area contributed by atoms with E-state index in [0.29, 0.717) is 19.7 Å². The summed E-state index contributed by atoms with van der Waals surface area (Å²) in [5.74, 6) is 1.60. The fourth-order valence-electron chi connectivity index (χ4n) is 2.45. The minimum absolute atomic E-state index is 0.0646. The van der Waals surface area contributed by atoms with E-state index in [1.165, 1.54) is 6.92 Å². The molecule has 0 saturated heterocycles. The van der Waals surface area contributed by atoms with Gasteiger partial charge in [-0.1, -0.05) is 12.1 Å². The first-order valence-corrected chi connectivity index (χ1v) is 7.40. The second-order valence-electron chi connectivity index (χ2n) is 5.37. The van der Waals surface area contributed by atoms with Crippen LogP contribution in [-0.4, -0.2) is 38.6 Å². The van der Waals surface area contributed by atoms with Crippen molar-refractivity contribution in [1.82, 2.24) is 10.6 Å². The molecule has 1 heterocycles. The maximum Gasteiger partial charge on any atom is 0.221 e. The smallest absolute Gasteiger partial charge is 0.221 e. The summed E-state index contributed by atoms with van der Waals surface area (Å²) in [6.45, 7) is 2.92. The SMILES string of the molecule is COc1cccc2c1OCC(CNC(=O)CCNC(C)=O)C2. The molecule has 2 amide bonds. The number of fused-ring (bicyclic) bond motifs is 1. The summed E-state index contributed by atoms with van der Waals surface area (Å²) < 4.78 is 11.1. The van der Waals surface area contributed by atoms with Gasteiger partial charge in [0.2, 0.25) is 11.8 Å². The van der Waals surface area contributed by atoms with E-state index in [9.17, 15) is 9.59 Å². The van der Waals surface area contributed by atoms with Gasteiger partial charge >= 0.3 is 0 Å².